The van der Waals surface area contributed by atoms with Gasteiger partial charge in [0.25, 0.3) is 11.7 Å². The second-order valence-electron chi connectivity index (χ2n) is 7.37. The molecule has 1 atom stereocenters. The van der Waals surface area contributed by atoms with Crippen molar-refractivity contribution in [3.63, 3.8) is 0 Å². The Morgan fingerprint density at radius 3 is 2.43 bits per heavy atom. The van der Waals surface area contributed by atoms with Crippen LogP contribution < -0.4 is 4.74 Å². The average Bonchev–Trinajstić information content (AvgIpc) is 2.98. The normalized spacial score (nSPS) is 18.1. The van der Waals surface area contributed by atoms with Crippen molar-refractivity contribution in [3.8, 4) is 11.5 Å². The number of nitrogens with zero attached hydrogens (tertiary/aromatic N) is 1. The summed E-state index contributed by atoms with van der Waals surface area (Å²) in [6.07, 6.45) is 1.58. The van der Waals surface area contributed by atoms with E-state index in [4.69, 9.17) is 4.74 Å². The summed E-state index contributed by atoms with van der Waals surface area (Å²) in [5, 5.41) is 21.1. The molecule has 2 N–H and O–H groups in total. The lowest BCUT2D eigenvalue weighted by molar-refractivity contribution is -0.139. The molecule has 0 bridgehead atoms. The second-order valence-corrected chi connectivity index (χ2v) is 7.37. The van der Waals surface area contributed by atoms with Crippen molar-refractivity contribution in [2.24, 2.45) is 0 Å². The van der Waals surface area contributed by atoms with Crippen LogP contribution in [0.3, 0.4) is 0 Å². The second kappa shape index (κ2) is 9.03. The number of hydrogen-bond donors (Lipinski definition) is 2. The van der Waals surface area contributed by atoms with Crippen LogP contribution in [-0.2, 0) is 9.59 Å². The van der Waals surface area contributed by atoms with Gasteiger partial charge in [-0.25, -0.2) is 0 Å². The van der Waals surface area contributed by atoms with E-state index < -0.39 is 17.7 Å². The third-order valence-electron chi connectivity index (χ3n) is 5.22. The number of Topliss-reactive ketones (excluding diaryl/α,β-unsaturated/α-hetero) is 1. The van der Waals surface area contributed by atoms with Crippen molar-refractivity contribution in [2.75, 3.05) is 13.2 Å². The van der Waals surface area contributed by atoms with Crippen molar-refractivity contribution < 1.29 is 24.5 Å². The highest BCUT2D eigenvalue weighted by atomic mass is 16.5. The summed E-state index contributed by atoms with van der Waals surface area (Å²) >= 11 is 0. The number of aliphatic hydroxyl groups excluding tert-OH is 1. The molecule has 2 aromatic carbocycles. The summed E-state index contributed by atoms with van der Waals surface area (Å²) < 4.78 is 5.48. The van der Waals surface area contributed by atoms with Gasteiger partial charge in [-0.15, -0.1) is 0 Å². The maximum absolute atomic E-state index is 12.9. The van der Waals surface area contributed by atoms with E-state index in [2.05, 4.69) is 0 Å². The molecule has 1 fully saturated rings. The van der Waals surface area contributed by atoms with Crippen molar-refractivity contribution in [1.82, 2.24) is 4.90 Å². The molecule has 1 heterocycles. The molecule has 0 saturated carbocycles. The first kappa shape index (κ1) is 21.4. The number of phenolic OH excluding ortho intramolecular Hbond substituents is 1. The number of carbonyl (C=O) groups excluding carboxylic acids is 2. The summed E-state index contributed by atoms with van der Waals surface area (Å²) in [5.41, 5.74) is 2.14. The number of ether oxygens (including phenoxy) is 1. The highest BCUT2D eigenvalue weighted by Gasteiger charge is 2.45. The molecule has 0 aromatic heterocycles. The molecule has 0 aliphatic carbocycles. The Labute approximate surface area is 176 Å². The van der Waals surface area contributed by atoms with Crippen LogP contribution in [0.15, 0.2) is 48.0 Å². The number of aryl methyl sites for hydroxylation is 1. The number of benzene rings is 2. The smallest absolute Gasteiger partial charge is 0.295 e. The number of aromatic hydroxyl groups is 1. The maximum atomic E-state index is 12.9. The summed E-state index contributed by atoms with van der Waals surface area (Å²) in [6, 6.07) is 11.1. The number of ketones is 1. The van der Waals surface area contributed by atoms with Crippen molar-refractivity contribution in [3.05, 3.63) is 64.7 Å². The minimum atomic E-state index is -0.752. The lowest BCUT2D eigenvalue weighted by Gasteiger charge is -2.25. The van der Waals surface area contributed by atoms with Crippen LogP contribution in [0.4, 0.5) is 0 Å². The number of likely N-dealkylation sites (tertiary alicyclic amines) is 1. The van der Waals surface area contributed by atoms with E-state index in [1.54, 1.807) is 31.2 Å². The highest BCUT2D eigenvalue weighted by molar-refractivity contribution is 6.46. The summed E-state index contributed by atoms with van der Waals surface area (Å²) in [7, 11) is 0. The average molecular weight is 409 g/mol. The van der Waals surface area contributed by atoms with E-state index in [0.717, 1.165) is 18.4 Å². The van der Waals surface area contributed by atoms with Crippen molar-refractivity contribution in [1.29, 1.82) is 0 Å². The topological polar surface area (TPSA) is 87.1 Å². The number of rotatable bonds is 7. The van der Waals surface area contributed by atoms with E-state index in [1.807, 2.05) is 26.0 Å². The number of hydrogen-bond acceptors (Lipinski definition) is 5. The van der Waals surface area contributed by atoms with Crippen LogP contribution in [0.1, 0.15) is 49.4 Å². The Balaban J connectivity index is 2.17. The van der Waals surface area contributed by atoms with Crippen LogP contribution in [0.2, 0.25) is 0 Å². The Morgan fingerprint density at radius 1 is 1.10 bits per heavy atom. The van der Waals surface area contributed by atoms with Crippen LogP contribution in [0.25, 0.3) is 5.76 Å². The van der Waals surface area contributed by atoms with Crippen molar-refractivity contribution >= 4 is 17.4 Å². The van der Waals surface area contributed by atoms with E-state index in [0.29, 0.717) is 24.3 Å². The monoisotopic (exact) mass is 409 g/mol. The van der Waals surface area contributed by atoms with Crippen molar-refractivity contribution in [2.45, 2.75) is 39.7 Å². The first-order valence-electron chi connectivity index (χ1n) is 10.2. The van der Waals surface area contributed by atoms with E-state index in [1.165, 1.54) is 11.0 Å². The van der Waals surface area contributed by atoms with Gasteiger partial charge in [0, 0.05) is 12.1 Å². The van der Waals surface area contributed by atoms with Gasteiger partial charge in [0.15, 0.2) is 11.5 Å². The van der Waals surface area contributed by atoms with Gasteiger partial charge in [-0.1, -0.05) is 49.2 Å². The molecule has 2 aromatic rings. The fourth-order valence-corrected chi connectivity index (χ4v) is 3.62. The fraction of sp³-hybridized carbons (Fsp3) is 0.333. The molecule has 6 heteroatoms. The predicted molar refractivity (Wildman–Crippen MR) is 114 cm³/mol. The van der Waals surface area contributed by atoms with Gasteiger partial charge >= 0.3 is 0 Å². The van der Waals surface area contributed by atoms with Gasteiger partial charge in [-0.3, -0.25) is 9.59 Å². The third-order valence-corrected chi connectivity index (χ3v) is 5.22. The SMILES string of the molecule is CCCCN1C(=O)C(=O)/C(=C(\O)c2ccc(C)cc2)C1c1ccc(O)c(OCC)c1. The Morgan fingerprint density at radius 2 is 1.80 bits per heavy atom. The number of aliphatic hydroxyl groups is 1. The summed E-state index contributed by atoms with van der Waals surface area (Å²) in [6.45, 7) is 6.49. The molecular formula is C24H27NO5. The van der Waals surface area contributed by atoms with Gasteiger partial charge in [0.1, 0.15) is 5.76 Å². The summed E-state index contributed by atoms with van der Waals surface area (Å²) in [5.74, 6) is -1.30. The lowest BCUT2D eigenvalue weighted by atomic mass is 9.94. The van der Waals surface area contributed by atoms with Gasteiger partial charge in [0.05, 0.1) is 18.2 Å². The maximum Gasteiger partial charge on any atom is 0.295 e. The molecule has 0 spiro atoms. The molecule has 1 aliphatic heterocycles. The molecule has 158 valence electrons. The highest BCUT2D eigenvalue weighted by Crippen LogP contribution is 2.41. The molecule has 6 nitrogen and oxygen atoms in total. The zero-order valence-electron chi connectivity index (χ0n) is 17.5. The van der Waals surface area contributed by atoms with Gasteiger partial charge in [0.2, 0.25) is 0 Å². The number of phenols is 1. The fourth-order valence-electron chi connectivity index (χ4n) is 3.62. The molecule has 0 radical (unpaired) electrons. The van der Waals surface area contributed by atoms with E-state index in [9.17, 15) is 19.8 Å². The van der Waals surface area contributed by atoms with Crippen LogP contribution in [0.5, 0.6) is 11.5 Å². The van der Waals surface area contributed by atoms with Gasteiger partial charge in [-0.05, 0) is 38.0 Å². The Bertz CT molecular complexity index is 978. The minimum Gasteiger partial charge on any atom is -0.507 e. The Kier molecular flexibility index (Phi) is 6.45. The first-order valence-corrected chi connectivity index (χ1v) is 10.2. The molecule has 1 aliphatic rings. The lowest BCUT2D eigenvalue weighted by Crippen LogP contribution is -2.30. The molecule has 1 unspecified atom stereocenters. The standard InChI is InChI=1S/C24H27NO5/c1-4-6-13-25-21(17-11-12-18(26)19(14-17)30-5-2)20(23(28)24(25)29)22(27)16-9-7-15(3)8-10-16/h7-12,14,21,26-27H,4-6,13H2,1-3H3/b22-20-. The van der Waals surface area contributed by atoms with E-state index in [-0.39, 0.29) is 22.8 Å². The quantitative estimate of drug-likeness (QED) is 0.404. The predicted octanol–water partition coefficient (Wildman–Crippen LogP) is 4.32. The zero-order valence-corrected chi connectivity index (χ0v) is 17.5. The largest absolute Gasteiger partial charge is 0.507 e. The number of carbonyl (C=O) groups is 2. The molecule has 3 rings (SSSR count). The van der Waals surface area contributed by atoms with Gasteiger partial charge < -0.3 is 19.8 Å². The number of unbranched alkanes of at least 4 members (excludes halogenated alkanes) is 1. The molecule has 1 amide bonds. The van der Waals surface area contributed by atoms with Crippen LogP contribution >= 0.6 is 0 Å². The minimum absolute atomic E-state index is 0.0235. The van der Waals surface area contributed by atoms with Gasteiger partial charge in [-0.2, -0.15) is 0 Å². The first-order chi connectivity index (χ1) is 14.4. The molecular weight excluding hydrogens is 382 g/mol. The van der Waals surface area contributed by atoms with Crippen LogP contribution in [-0.4, -0.2) is 40.0 Å². The third kappa shape index (κ3) is 4.03. The Hall–Kier alpha value is -3.28. The van der Waals surface area contributed by atoms with E-state index >= 15 is 0 Å². The number of amides is 1. The molecule has 30 heavy (non-hydrogen) atoms. The molecule has 1 saturated heterocycles. The van der Waals surface area contributed by atoms with Crippen LogP contribution in [0, 0.1) is 6.92 Å². The summed E-state index contributed by atoms with van der Waals surface area (Å²) in [4.78, 5) is 27.2. The zero-order chi connectivity index (χ0) is 21.8.